The molecule has 8 heteroatoms. The molecule has 1 fully saturated rings. The van der Waals surface area contributed by atoms with Crippen molar-refractivity contribution in [3.63, 3.8) is 0 Å². The summed E-state index contributed by atoms with van der Waals surface area (Å²) < 4.78 is 4.99. The SMILES string of the molecule is COC(=O)c1ccc(N2C(=O)/C(=C/c3ccc(O)cc3O)SC2=S)cc1. The third kappa shape index (κ3) is 3.42. The largest absolute Gasteiger partial charge is 0.508 e. The monoisotopic (exact) mass is 387 g/mol. The topological polar surface area (TPSA) is 87.1 Å². The second-order valence-electron chi connectivity index (χ2n) is 5.30. The van der Waals surface area contributed by atoms with Crippen LogP contribution >= 0.6 is 24.0 Å². The van der Waals surface area contributed by atoms with Gasteiger partial charge >= 0.3 is 5.97 Å². The van der Waals surface area contributed by atoms with Gasteiger partial charge < -0.3 is 14.9 Å². The van der Waals surface area contributed by atoms with E-state index in [0.29, 0.717) is 26.0 Å². The summed E-state index contributed by atoms with van der Waals surface area (Å²) in [5.41, 5.74) is 1.29. The number of nitrogens with zero attached hydrogens (tertiary/aromatic N) is 1. The molecule has 1 heterocycles. The first-order valence-corrected chi connectivity index (χ1v) is 8.61. The summed E-state index contributed by atoms with van der Waals surface area (Å²) in [6.07, 6.45) is 1.51. The number of hydrogen-bond donors (Lipinski definition) is 2. The molecule has 1 aliphatic heterocycles. The van der Waals surface area contributed by atoms with Crippen LogP contribution in [0.5, 0.6) is 11.5 Å². The lowest BCUT2D eigenvalue weighted by atomic mass is 10.1. The summed E-state index contributed by atoms with van der Waals surface area (Å²) in [6, 6.07) is 10.4. The van der Waals surface area contributed by atoms with Crippen molar-refractivity contribution in [3.8, 4) is 11.5 Å². The zero-order valence-corrected chi connectivity index (χ0v) is 15.1. The average Bonchev–Trinajstić information content (AvgIpc) is 2.90. The minimum Gasteiger partial charge on any atom is -0.508 e. The Morgan fingerprint density at radius 3 is 2.50 bits per heavy atom. The zero-order valence-electron chi connectivity index (χ0n) is 13.5. The van der Waals surface area contributed by atoms with Gasteiger partial charge in [-0.3, -0.25) is 9.69 Å². The van der Waals surface area contributed by atoms with Gasteiger partial charge in [-0.1, -0.05) is 24.0 Å². The van der Waals surface area contributed by atoms with E-state index in [1.54, 1.807) is 24.3 Å². The maximum atomic E-state index is 12.7. The lowest BCUT2D eigenvalue weighted by Crippen LogP contribution is -2.27. The second kappa shape index (κ2) is 7.19. The van der Waals surface area contributed by atoms with E-state index >= 15 is 0 Å². The van der Waals surface area contributed by atoms with E-state index in [9.17, 15) is 19.8 Å². The molecule has 0 aliphatic carbocycles. The van der Waals surface area contributed by atoms with Gasteiger partial charge in [0.2, 0.25) is 0 Å². The fourth-order valence-electron chi connectivity index (χ4n) is 2.35. The Kier molecular flexibility index (Phi) is 4.97. The van der Waals surface area contributed by atoms with Crippen LogP contribution < -0.4 is 4.90 Å². The minimum atomic E-state index is -0.468. The second-order valence-corrected chi connectivity index (χ2v) is 6.97. The molecule has 1 amide bonds. The molecule has 3 rings (SSSR count). The Labute approximate surface area is 158 Å². The average molecular weight is 387 g/mol. The molecule has 26 heavy (non-hydrogen) atoms. The van der Waals surface area contributed by atoms with Crippen LogP contribution in [0.3, 0.4) is 0 Å². The van der Waals surface area contributed by atoms with E-state index in [4.69, 9.17) is 12.2 Å². The zero-order chi connectivity index (χ0) is 18.8. The number of carbonyl (C=O) groups excluding carboxylic acids is 2. The number of benzene rings is 2. The third-order valence-corrected chi connectivity index (χ3v) is 4.94. The minimum absolute atomic E-state index is 0.0714. The number of amides is 1. The van der Waals surface area contributed by atoms with Gasteiger partial charge in [-0.15, -0.1) is 0 Å². The number of ether oxygens (including phenoxy) is 1. The van der Waals surface area contributed by atoms with Crippen molar-refractivity contribution in [2.45, 2.75) is 0 Å². The molecule has 0 atom stereocenters. The quantitative estimate of drug-likeness (QED) is 0.475. The number of phenols is 2. The highest BCUT2D eigenvalue weighted by molar-refractivity contribution is 8.27. The Morgan fingerprint density at radius 1 is 1.19 bits per heavy atom. The van der Waals surface area contributed by atoms with Gasteiger partial charge in [-0.25, -0.2) is 4.79 Å². The van der Waals surface area contributed by atoms with Crippen LogP contribution in [0.25, 0.3) is 6.08 Å². The molecule has 2 aromatic rings. The highest BCUT2D eigenvalue weighted by Gasteiger charge is 2.33. The molecule has 2 N–H and O–H groups in total. The molecule has 1 aliphatic rings. The van der Waals surface area contributed by atoms with Crippen LogP contribution in [-0.4, -0.2) is 33.5 Å². The molecule has 0 spiro atoms. The first-order chi connectivity index (χ1) is 12.4. The number of phenolic OH excluding ortho intramolecular Hbond substituents is 2. The number of methoxy groups -OCH3 is 1. The van der Waals surface area contributed by atoms with Gasteiger partial charge in [0.1, 0.15) is 11.5 Å². The van der Waals surface area contributed by atoms with E-state index in [2.05, 4.69) is 4.74 Å². The number of carbonyl (C=O) groups is 2. The Hall–Kier alpha value is -2.84. The third-order valence-electron chi connectivity index (χ3n) is 3.64. The van der Waals surface area contributed by atoms with E-state index < -0.39 is 5.97 Å². The number of thiocarbonyl (C=S) groups is 1. The van der Waals surface area contributed by atoms with Crippen molar-refractivity contribution in [2.75, 3.05) is 12.0 Å². The van der Waals surface area contributed by atoms with Crippen LogP contribution in [0.15, 0.2) is 47.4 Å². The van der Waals surface area contributed by atoms with Crippen molar-refractivity contribution in [2.24, 2.45) is 0 Å². The van der Waals surface area contributed by atoms with Crippen molar-refractivity contribution < 1.29 is 24.5 Å². The number of esters is 1. The molecule has 0 bridgehead atoms. The van der Waals surface area contributed by atoms with Gasteiger partial charge in [0, 0.05) is 11.6 Å². The molecule has 132 valence electrons. The number of hydrogen-bond acceptors (Lipinski definition) is 7. The molecular formula is C18H13NO5S2. The fourth-order valence-corrected chi connectivity index (χ4v) is 3.64. The summed E-state index contributed by atoms with van der Waals surface area (Å²) >= 11 is 6.39. The highest BCUT2D eigenvalue weighted by atomic mass is 32.2. The van der Waals surface area contributed by atoms with E-state index in [1.807, 2.05) is 0 Å². The summed E-state index contributed by atoms with van der Waals surface area (Å²) in [6.45, 7) is 0. The number of aromatic hydroxyl groups is 2. The molecule has 0 radical (unpaired) electrons. The summed E-state index contributed by atoms with van der Waals surface area (Å²) in [5, 5.41) is 19.2. The highest BCUT2D eigenvalue weighted by Crippen LogP contribution is 2.37. The van der Waals surface area contributed by atoms with Crippen LogP contribution in [-0.2, 0) is 9.53 Å². The van der Waals surface area contributed by atoms with Crippen LogP contribution in [0.2, 0.25) is 0 Å². The summed E-state index contributed by atoms with van der Waals surface area (Å²) in [4.78, 5) is 25.9. The molecule has 2 aromatic carbocycles. The lowest BCUT2D eigenvalue weighted by Gasteiger charge is -2.14. The molecule has 0 saturated carbocycles. The predicted molar refractivity (Wildman–Crippen MR) is 103 cm³/mol. The Balaban J connectivity index is 1.89. The normalized spacial score (nSPS) is 15.6. The van der Waals surface area contributed by atoms with Gasteiger partial charge in [0.05, 0.1) is 23.3 Å². The molecule has 1 saturated heterocycles. The first-order valence-electron chi connectivity index (χ1n) is 7.39. The van der Waals surface area contributed by atoms with Crippen molar-refractivity contribution in [1.29, 1.82) is 0 Å². The Bertz CT molecular complexity index is 937. The number of thioether (sulfide) groups is 1. The van der Waals surface area contributed by atoms with Gasteiger partial charge in [-0.05, 0) is 42.5 Å². The van der Waals surface area contributed by atoms with Crippen molar-refractivity contribution >= 4 is 51.9 Å². The van der Waals surface area contributed by atoms with Gasteiger partial charge in [0.15, 0.2) is 4.32 Å². The predicted octanol–water partition coefficient (Wildman–Crippen LogP) is 3.29. The van der Waals surface area contributed by atoms with Crippen LogP contribution in [0, 0.1) is 0 Å². The van der Waals surface area contributed by atoms with Gasteiger partial charge in [0.25, 0.3) is 5.91 Å². The van der Waals surface area contributed by atoms with Crippen molar-refractivity contribution in [1.82, 2.24) is 0 Å². The molecule has 0 aromatic heterocycles. The van der Waals surface area contributed by atoms with Gasteiger partial charge in [-0.2, -0.15) is 0 Å². The Morgan fingerprint density at radius 2 is 1.88 bits per heavy atom. The molecular weight excluding hydrogens is 374 g/mol. The standard InChI is InChI=1S/C18H13NO5S2/c1-24-17(23)10-2-5-12(6-3-10)19-16(22)15(26-18(19)25)8-11-4-7-13(20)9-14(11)21/h2-9,20-21H,1H3/b15-8-. The number of rotatable bonds is 3. The van der Waals surface area contributed by atoms with E-state index in [0.717, 1.165) is 11.8 Å². The summed E-state index contributed by atoms with van der Waals surface area (Å²) in [7, 11) is 1.29. The lowest BCUT2D eigenvalue weighted by molar-refractivity contribution is -0.113. The fraction of sp³-hybridized carbons (Fsp3) is 0.0556. The smallest absolute Gasteiger partial charge is 0.337 e. The molecule has 0 unspecified atom stereocenters. The van der Waals surface area contributed by atoms with Crippen LogP contribution in [0.1, 0.15) is 15.9 Å². The van der Waals surface area contributed by atoms with E-state index in [1.165, 1.54) is 36.3 Å². The van der Waals surface area contributed by atoms with Crippen LogP contribution in [0.4, 0.5) is 5.69 Å². The maximum Gasteiger partial charge on any atom is 0.337 e. The maximum absolute atomic E-state index is 12.7. The molecule has 6 nitrogen and oxygen atoms in total. The van der Waals surface area contributed by atoms with E-state index in [-0.39, 0.29) is 17.4 Å². The van der Waals surface area contributed by atoms with Crippen molar-refractivity contribution in [3.05, 3.63) is 58.5 Å². The first kappa shape index (κ1) is 18.0. The summed E-state index contributed by atoms with van der Waals surface area (Å²) in [5.74, 6) is -1.02. The number of anilines is 1.